The summed E-state index contributed by atoms with van der Waals surface area (Å²) in [5.41, 5.74) is 7.20. The van der Waals surface area contributed by atoms with Crippen LogP contribution < -0.4 is 16.6 Å². The van der Waals surface area contributed by atoms with Crippen LogP contribution in [0.1, 0.15) is 37.8 Å². The van der Waals surface area contributed by atoms with Gasteiger partial charge in [-0.2, -0.15) is 0 Å². The van der Waals surface area contributed by atoms with Crippen LogP contribution in [0.15, 0.2) is 53.5 Å². The average molecular weight is 364 g/mol. The van der Waals surface area contributed by atoms with Crippen LogP contribution in [-0.2, 0) is 17.9 Å². The van der Waals surface area contributed by atoms with Crippen molar-refractivity contribution in [2.45, 2.75) is 45.3 Å². The van der Waals surface area contributed by atoms with Crippen molar-refractivity contribution in [3.8, 4) is 0 Å². The Hall–Kier alpha value is -2.11. The molecule has 1 heterocycles. The fourth-order valence-corrected chi connectivity index (χ4v) is 2.57. The Kier molecular flexibility index (Phi) is 7.87. The van der Waals surface area contributed by atoms with Crippen molar-refractivity contribution >= 4 is 18.3 Å². The first-order valence-corrected chi connectivity index (χ1v) is 8.23. The molecule has 1 amide bonds. The molecule has 136 valence electrons. The van der Waals surface area contributed by atoms with Crippen molar-refractivity contribution in [2.75, 3.05) is 0 Å². The molecule has 0 aliphatic carbocycles. The van der Waals surface area contributed by atoms with Gasteiger partial charge >= 0.3 is 0 Å². The molecule has 0 fully saturated rings. The molecule has 2 aromatic rings. The summed E-state index contributed by atoms with van der Waals surface area (Å²) in [7, 11) is 0. The van der Waals surface area contributed by atoms with Crippen LogP contribution in [0.25, 0.3) is 0 Å². The summed E-state index contributed by atoms with van der Waals surface area (Å²) in [6.45, 7) is 4.74. The maximum Gasteiger partial charge on any atom is 0.250 e. The molecule has 0 aliphatic heterocycles. The van der Waals surface area contributed by atoms with Crippen LogP contribution in [-0.4, -0.2) is 16.0 Å². The van der Waals surface area contributed by atoms with Gasteiger partial charge in [0.05, 0.1) is 12.1 Å². The standard InChI is InChI=1S/C19H25N3O2.ClH/c1-3-11-19(2,20)18(24)21-13-15-7-9-16(10-8-15)14-22-12-5-4-6-17(22)23;/h4-10,12H,3,11,13-14,20H2,1-2H3,(H,21,24);1H. The Morgan fingerprint density at radius 3 is 2.40 bits per heavy atom. The number of carbonyl (C=O) groups is 1. The second-order valence-corrected chi connectivity index (χ2v) is 6.33. The van der Waals surface area contributed by atoms with Crippen molar-refractivity contribution in [1.29, 1.82) is 0 Å². The van der Waals surface area contributed by atoms with E-state index in [1.54, 1.807) is 29.8 Å². The third kappa shape index (κ3) is 6.03. The van der Waals surface area contributed by atoms with Gasteiger partial charge < -0.3 is 15.6 Å². The van der Waals surface area contributed by atoms with Gasteiger partial charge in [0.25, 0.3) is 5.56 Å². The number of hydrogen-bond acceptors (Lipinski definition) is 3. The largest absolute Gasteiger partial charge is 0.350 e. The highest BCUT2D eigenvalue weighted by atomic mass is 35.5. The van der Waals surface area contributed by atoms with E-state index in [2.05, 4.69) is 5.32 Å². The first-order chi connectivity index (χ1) is 11.4. The highest BCUT2D eigenvalue weighted by Crippen LogP contribution is 2.10. The lowest BCUT2D eigenvalue weighted by molar-refractivity contribution is -0.126. The lowest BCUT2D eigenvalue weighted by atomic mass is 9.96. The first-order valence-electron chi connectivity index (χ1n) is 8.23. The van der Waals surface area contributed by atoms with Crippen LogP contribution in [0.4, 0.5) is 0 Å². The molecule has 0 aliphatic rings. The van der Waals surface area contributed by atoms with Crippen molar-refractivity contribution in [2.24, 2.45) is 5.73 Å². The number of pyridine rings is 1. The lowest BCUT2D eigenvalue weighted by Crippen LogP contribution is -2.51. The van der Waals surface area contributed by atoms with E-state index in [-0.39, 0.29) is 23.9 Å². The van der Waals surface area contributed by atoms with Crippen LogP contribution in [0.2, 0.25) is 0 Å². The lowest BCUT2D eigenvalue weighted by Gasteiger charge is -2.22. The number of nitrogens with one attached hydrogen (secondary N) is 1. The van der Waals surface area contributed by atoms with Gasteiger partial charge in [-0.05, 0) is 30.5 Å². The molecule has 1 atom stereocenters. The summed E-state index contributed by atoms with van der Waals surface area (Å²) >= 11 is 0. The second kappa shape index (κ2) is 9.39. The summed E-state index contributed by atoms with van der Waals surface area (Å²) in [5, 5.41) is 2.88. The van der Waals surface area contributed by atoms with E-state index in [0.717, 1.165) is 17.5 Å². The normalized spacial score (nSPS) is 12.8. The van der Waals surface area contributed by atoms with Crippen LogP contribution >= 0.6 is 12.4 Å². The fraction of sp³-hybridized carbons (Fsp3) is 0.368. The van der Waals surface area contributed by atoms with E-state index in [0.29, 0.717) is 19.5 Å². The Balaban J connectivity index is 0.00000312. The number of benzene rings is 1. The highest BCUT2D eigenvalue weighted by Gasteiger charge is 2.26. The smallest absolute Gasteiger partial charge is 0.250 e. The third-order valence-electron chi connectivity index (χ3n) is 4.02. The SMILES string of the molecule is CCCC(C)(N)C(=O)NCc1ccc(Cn2ccccc2=O)cc1.Cl. The molecule has 1 unspecified atom stereocenters. The summed E-state index contributed by atoms with van der Waals surface area (Å²) in [5.74, 6) is -0.135. The number of nitrogens with two attached hydrogens (primary N) is 1. The molecule has 0 saturated carbocycles. The number of halogens is 1. The minimum Gasteiger partial charge on any atom is -0.350 e. The monoisotopic (exact) mass is 363 g/mol. The number of carbonyl (C=O) groups excluding carboxylic acids is 1. The van der Waals surface area contributed by atoms with Gasteiger partial charge in [-0.25, -0.2) is 0 Å². The van der Waals surface area contributed by atoms with Crippen molar-refractivity contribution < 1.29 is 4.79 Å². The summed E-state index contributed by atoms with van der Waals surface area (Å²) in [6.07, 6.45) is 3.30. The van der Waals surface area contributed by atoms with Crippen LogP contribution in [0.5, 0.6) is 0 Å². The molecule has 25 heavy (non-hydrogen) atoms. The number of aromatic nitrogens is 1. The van der Waals surface area contributed by atoms with Gasteiger partial charge in [0.15, 0.2) is 0 Å². The highest BCUT2D eigenvalue weighted by molar-refractivity contribution is 5.85. The van der Waals surface area contributed by atoms with Crippen molar-refractivity contribution in [3.05, 3.63) is 70.1 Å². The van der Waals surface area contributed by atoms with Crippen molar-refractivity contribution in [3.63, 3.8) is 0 Å². The van der Waals surface area contributed by atoms with Crippen LogP contribution in [0.3, 0.4) is 0 Å². The Morgan fingerprint density at radius 1 is 1.16 bits per heavy atom. The number of rotatable bonds is 7. The number of nitrogens with zero attached hydrogens (tertiary/aromatic N) is 1. The van der Waals surface area contributed by atoms with Crippen LogP contribution in [0, 0.1) is 0 Å². The zero-order valence-electron chi connectivity index (χ0n) is 14.7. The third-order valence-corrected chi connectivity index (χ3v) is 4.02. The van der Waals surface area contributed by atoms with E-state index in [9.17, 15) is 9.59 Å². The van der Waals surface area contributed by atoms with Gasteiger partial charge in [0.2, 0.25) is 5.91 Å². The summed E-state index contributed by atoms with van der Waals surface area (Å²) in [6, 6.07) is 13.0. The molecular weight excluding hydrogens is 338 g/mol. The molecule has 0 spiro atoms. The molecule has 6 heteroatoms. The molecule has 1 aromatic carbocycles. The Labute approximate surface area is 154 Å². The number of amides is 1. The predicted molar refractivity (Wildman–Crippen MR) is 103 cm³/mol. The fourth-order valence-electron chi connectivity index (χ4n) is 2.57. The van der Waals surface area contributed by atoms with Gasteiger partial charge in [-0.15, -0.1) is 12.4 Å². The predicted octanol–water partition coefficient (Wildman–Crippen LogP) is 2.45. The Morgan fingerprint density at radius 2 is 1.80 bits per heavy atom. The minimum atomic E-state index is -0.830. The minimum absolute atomic E-state index is 0. The molecule has 0 bridgehead atoms. The van der Waals surface area contributed by atoms with E-state index in [1.165, 1.54) is 0 Å². The molecule has 3 N–H and O–H groups in total. The number of hydrogen-bond donors (Lipinski definition) is 2. The first kappa shape index (κ1) is 20.9. The van der Waals surface area contributed by atoms with Gasteiger partial charge in [-0.3, -0.25) is 9.59 Å². The second-order valence-electron chi connectivity index (χ2n) is 6.33. The Bertz CT molecular complexity index is 739. The van der Waals surface area contributed by atoms with Crippen molar-refractivity contribution in [1.82, 2.24) is 9.88 Å². The zero-order chi connectivity index (χ0) is 17.6. The quantitative estimate of drug-likeness (QED) is 0.793. The maximum atomic E-state index is 12.1. The van der Waals surface area contributed by atoms with Gasteiger partial charge in [0, 0.05) is 18.8 Å². The van der Waals surface area contributed by atoms with E-state index in [1.807, 2.05) is 37.3 Å². The van der Waals surface area contributed by atoms with E-state index >= 15 is 0 Å². The average Bonchev–Trinajstić information content (AvgIpc) is 2.56. The molecule has 0 saturated heterocycles. The molecule has 1 aromatic heterocycles. The summed E-state index contributed by atoms with van der Waals surface area (Å²) in [4.78, 5) is 23.8. The van der Waals surface area contributed by atoms with Gasteiger partial charge in [-0.1, -0.05) is 43.7 Å². The molecule has 5 nitrogen and oxygen atoms in total. The molecular formula is C19H26ClN3O2. The van der Waals surface area contributed by atoms with E-state index < -0.39 is 5.54 Å². The summed E-state index contributed by atoms with van der Waals surface area (Å²) < 4.78 is 1.65. The van der Waals surface area contributed by atoms with E-state index in [4.69, 9.17) is 5.73 Å². The zero-order valence-corrected chi connectivity index (χ0v) is 15.5. The molecule has 0 radical (unpaired) electrons. The topological polar surface area (TPSA) is 77.1 Å². The van der Waals surface area contributed by atoms with Gasteiger partial charge in [0.1, 0.15) is 0 Å². The molecule has 2 rings (SSSR count). The maximum absolute atomic E-state index is 12.1.